The Kier molecular flexibility index (Phi) is 3.29. The molecule has 2 rings (SSSR count). The number of methoxy groups -OCH3 is 1. The summed E-state index contributed by atoms with van der Waals surface area (Å²) in [6.07, 6.45) is 1.47. The Bertz CT molecular complexity index is 521. The highest BCUT2D eigenvalue weighted by Gasteiger charge is 2.52. The van der Waals surface area contributed by atoms with Crippen molar-refractivity contribution in [3.05, 3.63) is 17.8 Å². The molecule has 5 nitrogen and oxygen atoms in total. The van der Waals surface area contributed by atoms with E-state index in [4.69, 9.17) is 19.3 Å². The molecule has 0 radical (unpaired) electrons. The van der Waals surface area contributed by atoms with Crippen LogP contribution in [-0.4, -0.2) is 30.4 Å². The highest BCUT2D eigenvalue weighted by molar-refractivity contribution is 6.63. The van der Waals surface area contributed by atoms with E-state index in [9.17, 15) is 0 Å². The van der Waals surface area contributed by atoms with E-state index >= 15 is 0 Å². The van der Waals surface area contributed by atoms with Crippen molar-refractivity contribution in [1.29, 1.82) is 5.26 Å². The lowest BCUT2D eigenvalue weighted by Crippen LogP contribution is -2.41. The van der Waals surface area contributed by atoms with Crippen molar-refractivity contribution in [3.63, 3.8) is 0 Å². The van der Waals surface area contributed by atoms with Crippen molar-refractivity contribution < 1.29 is 14.0 Å². The van der Waals surface area contributed by atoms with E-state index < -0.39 is 18.3 Å². The summed E-state index contributed by atoms with van der Waals surface area (Å²) in [6, 6.07) is 3.74. The third kappa shape index (κ3) is 2.31. The predicted molar refractivity (Wildman–Crippen MR) is 71.2 cm³/mol. The van der Waals surface area contributed by atoms with Gasteiger partial charge in [0.15, 0.2) is 0 Å². The Balaban J connectivity index is 2.41. The van der Waals surface area contributed by atoms with Crippen molar-refractivity contribution in [1.82, 2.24) is 4.98 Å². The van der Waals surface area contributed by atoms with E-state index in [1.807, 2.05) is 27.7 Å². The number of nitriles is 1. The zero-order chi connectivity index (χ0) is 14.3. The van der Waals surface area contributed by atoms with Crippen molar-refractivity contribution in [2.75, 3.05) is 7.11 Å². The summed E-state index contributed by atoms with van der Waals surface area (Å²) < 4.78 is 17.1. The number of hydrogen-bond acceptors (Lipinski definition) is 5. The van der Waals surface area contributed by atoms with Crippen LogP contribution in [0.25, 0.3) is 0 Å². The summed E-state index contributed by atoms with van der Waals surface area (Å²) in [5, 5.41) is 8.96. The van der Waals surface area contributed by atoms with Gasteiger partial charge in [0.2, 0.25) is 5.88 Å². The molecule has 1 aliphatic heterocycles. The van der Waals surface area contributed by atoms with Crippen LogP contribution in [0.4, 0.5) is 0 Å². The standard InChI is InChI=1S/C13H17BN2O3/c1-12(2)13(3,4)19-14(18-12)10-6-9(7-15)8-16-11(10)17-5/h6,8H,1-5H3. The van der Waals surface area contributed by atoms with Crippen LogP contribution in [0.5, 0.6) is 5.88 Å². The van der Waals surface area contributed by atoms with E-state index in [0.29, 0.717) is 16.9 Å². The van der Waals surface area contributed by atoms with Gasteiger partial charge in [0.1, 0.15) is 6.07 Å². The molecule has 1 saturated heterocycles. The number of rotatable bonds is 2. The van der Waals surface area contributed by atoms with Gasteiger partial charge in [0.25, 0.3) is 0 Å². The molecule has 0 aromatic carbocycles. The molecule has 100 valence electrons. The quantitative estimate of drug-likeness (QED) is 0.749. The molecule has 0 N–H and O–H groups in total. The first-order valence-electron chi connectivity index (χ1n) is 6.10. The lowest BCUT2D eigenvalue weighted by molar-refractivity contribution is 0.00578. The van der Waals surface area contributed by atoms with Crippen molar-refractivity contribution >= 4 is 12.6 Å². The highest BCUT2D eigenvalue weighted by Crippen LogP contribution is 2.37. The zero-order valence-electron chi connectivity index (χ0n) is 11.9. The average Bonchev–Trinajstić information content (AvgIpc) is 2.57. The first-order chi connectivity index (χ1) is 8.80. The first-order valence-corrected chi connectivity index (χ1v) is 6.10. The van der Waals surface area contributed by atoms with Crippen LogP contribution in [-0.2, 0) is 9.31 Å². The number of pyridine rings is 1. The summed E-state index contributed by atoms with van der Waals surface area (Å²) in [5.41, 5.74) is 0.210. The first kappa shape index (κ1) is 13.8. The van der Waals surface area contributed by atoms with Gasteiger partial charge in [-0.05, 0) is 33.8 Å². The fourth-order valence-corrected chi connectivity index (χ4v) is 1.84. The van der Waals surface area contributed by atoms with E-state index in [1.54, 1.807) is 6.07 Å². The van der Waals surface area contributed by atoms with Crippen LogP contribution in [0.3, 0.4) is 0 Å². The van der Waals surface area contributed by atoms with Crippen LogP contribution in [0, 0.1) is 11.3 Å². The fourth-order valence-electron chi connectivity index (χ4n) is 1.84. The van der Waals surface area contributed by atoms with Gasteiger partial charge in [-0.1, -0.05) is 0 Å². The topological polar surface area (TPSA) is 64.4 Å². The zero-order valence-corrected chi connectivity index (χ0v) is 11.9. The Labute approximate surface area is 113 Å². The van der Waals surface area contributed by atoms with Crippen LogP contribution in [0.2, 0.25) is 0 Å². The van der Waals surface area contributed by atoms with Crippen molar-refractivity contribution in [2.45, 2.75) is 38.9 Å². The second-order valence-electron chi connectivity index (χ2n) is 5.52. The lowest BCUT2D eigenvalue weighted by atomic mass is 9.79. The predicted octanol–water partition coefficient (Wildman–Crippen LogP) is 1.26. The molecule has 0 aliphatic carbocycles. The molecule has 0 unspecified atom stereocenters. The second-order valence-corrected chi connectivity index (χ2v) is 5.52. The highest BCUT2D eigenvalue weighted by atomic mass is 16.7. The number of hydrogen-bond donors (Lipinski definition) is 0. The third-order valence-electron chi connectivity index (χ3n) is 3.71. The molecule has 0 bridgehead atoms. The molecule has 1 aromatic rings. The molecule has 1 aromatic heterocycles. The minimum atomic E-state index is -0.583. The maximum Gasteiger partial charge on any atom is 0.500 e. The molecular weight excluding hydrogens is 243 g/mol. The van der Waals surface area contributed by atoms with Gasteiger partial charge in [0.05, 0.1) is 23.9 Å². The van der Waals surface area contributed by atoms with E-state index in [2.05, 4.69) is 11.1 Å². The Morgan fingerprint density at radius 1 is 1.26 bits per heavy atom. The molecule has 0 amide bonds. The maximum absolute atomic E-state index is 8.96. The molecule has 0 atom stereocenters. The number of aromatic nitrogens is 1. The van der Waals surface area contributed by atoms with E-state index in [-0.39, 0.29) is 0 Å². The summed E-state index contributed by atoms with van der Waals surface area (Å²) in [5.74, 6) is 0.414. The monoisotopic (exact) mass is 260 g/mol. The van der Waals surface area contributed by atoms with Gasteiger partial charge in [-0.3, -0.25) is 0 Å². The largest absolute Gasteiger partial charge is 0.500 e. The number of nitrogens with zero attached hydrogens (tertiary/aromatic N) is 2. The average molecular weight is 260 g/mol. The third-order valence-corrected chi connectivity index (χ3v) is 3.71. The summed E-state index contributed by atoms with van der Waals surface area (Å²) in [6.45, 7) is 7.89. The van der Waals surface area contributed by atoms with Gasteiger partial charge < -0.3 is 14.0 Å². The van der Waals surface area contributed by atoms with Crippen molar-refractivity contribution in [3.8, 4) is 11.9 Å². The van der Waals surface area contributed by atoms with E-state index in [0.717, 1.165) is 0 Å². The van der Waals surface area contributed by atoms with Crippen LogP contribution in [0.15, 0.2) is 12.3 Å². The summed E-state index contributed by atoms with van der Waals surface area (Å²) in [4.78, 5) is 4.10. The van der Waals surface area contributed by atoms with Gasteiger partial charge in [-0.15, -0.1) is 0 Å². The minimum absolute atomic E-state index is 0.414. The Morgan fingerprint density at radius 3 is 2.32 bits per heavy atom. The second kappa shape index (κ2) is 4.51. The fraction of sp³-hybridized carbons (Fsp3) is 0.538. The molecular formula is C13H17BN2O3. The number of ether oxygens (including phenoxy) is 1. The van der Waals surface area contributed by atoms with Crippen LogP contribution in [0.1, 0.15) is 33.3 Å². The van der Waals surface area contributed by atoms with Crippen LogP contribution >= 0.6 is 0 Å². The maximum atomic E-state index is 8.96. The molecule has 1 fully saturated rings. The SMILES string of the molecule is COc1ncc(C#N)cc1B1OC(C)(C)C(C)(C)O1. The van der Waals surface area contributed by atoms with Gasteiger partial charge in [-0.2, -0.15) is 5.26 Å². The van der Waals surface area contributed by atoms with Crippen LogP contribution < -0.4 is 10.2 Å². The molecule has 19 heavy (non-hydrogen) atoms. The minimum Gasteiger partial charge on any atom is -0.481 e. The Morgan fingerprint density at radius 2 is 1.84 bits per heavy atom. The molecule has 1 aliphatic rings. The van der Waals surface area contributed by atoms with E-state index in [1.165, 1.54) is 13.3 Å². The van der Waals surface area contributed by atoms with Crippen molar-refractivity contribution in [2.24, 2.45) is 0 Å². The summed E-state index contributed by atoms with van der Waals surface area (Å²) in [7, 11) is 0.948. The molecule has 6 heteroatoms. The molecule has 2 heterocycles. The van der Waals surface area contributed by atoms with Gasteiger partial charge in [0, 0.05) is 11.7 Å². The van der Waals surface area contributed by atoms with Gasteiger partial charge in [-0.25, -0.2) is 4.98 Å². The smallest absolute Gasteiger partial charge is 0.481 e. The molecule has 0 saturated carbocycles. The normalized spacial score (nSPS) is 20.1. The van der Waals surface area contributed by atoms with Gasteiger partial charge >= 0.3 is 7.12 Å². The Hall–Kier alpha value is -1.58. The summed E-state index contributed by atoms with van der Waals surface area (Å²) >= 11 is 0. The molecule has 0 spiro atoms. The lowest BCUT2D eigenvalue weighted by Gasteiger charge is -2.32.